The van der Waals surface area contributed by atoms with Crippen molar-refractivity contribution in [3.05, 3.63) is 11.8 Å². The highest BCUT2D eigenvalue weighted by Gasteiger charge is 2.32. The van der Waals surface area contributed by atoms with E-state index in [1.54, 1.807) is 5.57 Å². The molecule has 1 saturated heterocycles. The number of hydrogen-bond donors (Lipinski definition) is 0. The quantitative estimate of drug-likeness (QED) is 0.586. The van der Waals surface area contributed by atoms with Crippen LogP contribution in [0.5, 0.6) is 0 Å². The van der Waals surface area contributed by atoms with Crippen molar-refractivity contribution in [2.45, 2.75) is 51.0 Å². The van der Waals surface area contributed by atoms with E-state index in [4.69, 9.17) is 4.84 Å². The van der Waals surface area contributed by atoms with Crippen LogP contribution in [0.1, 0.15) is 44.9 Å². The maximum absolute atomic E-state index is 5.69. The van der Waals surface area contributed by atoms with Crippen molar-refractivity contribution in [1.29, 1.82) is 0 Å². The van der Waals surface area contributed by atoms with Crippen molar-refractivity contribution >= 4 is 0 Å². The molecule has 0 N–H and O–H groups in total. The summed E-state index contributed by atoms with van der Waals surface area (Å²) in [5, 5.41) is 2.15. The highest BCUT2D eigenvalue weighted by atomic mass is 16.7. The topological polar surface area (TPSA) is 12.5 Å². The van der Waals surface area contributed by atoms with Crippen molar-refractivity contribution in [3.63, 3.8) is 0 Å². The Balaban J connectivity index is 1.80. The van der Waals surface area contributed by atoms with Crippen LogP contribution in [0, 0.1) is 5.92 Å². The molecule has 1 saturated carbocycles. The third-order valence-electron chi connectivity index (χ3n) is 3.92. The SMILES string of the molecule is C1=C2CCCCC2CC2CCCON12. The zero-order chi connectivity index (χ0) is 9.38. The van der Waals surface area contributed by atoms with Crippen LogP contribution in [0.2, 0.25) is 0 Å². The summed E-state index contributed by atoms with van der Waals surface area (Å²) < 4.78 is 0. The van der Waals surface area contributed by atoms with Gasteiger partial charge in [-0.15, -0.1) is 0 Å². The summed E-state index contributed by atoms with van der Waals surface area (Å²) in [5.41, 5.74) is 1.66. The molecule has 0 bridgehead atoms. The van der Waals surface area contributed by atoms with Gasteiger partial charge in [-0.05, 0) is 50.0 Å². The normalized spacial score (nSPS) is 37.1. The van der Waals surface area contributed by atoms with Gasteiger partial charge in [0.25, 0.3) is 0 Å². The number of rotatable bonds is 0. The zero-order valence-electron chi connectivity index (χ0n) is 8.74. The van der Waals surface area contributed by atoms with Crippen LogP contribution >= 0.6 is 0 Å². The lowest BCUT2D eigenvalue weighted by molar-refractivity contribution is -0.185. The molecule has 2 nitrogen and oxygen atoms in total. The van der Waals surface area contributed by atoms with E-state index in [1.165, 1.54) is 44.9 Å². The summed E-state index contributed by atoms with van der Waals surface area (Å²) in [6, 6.07) is 0.690. The lowest BCUT2D eigenvalue weighted by Gasteiger charge is -2.42. The molecule has 3 aliphatic rings. The van der Waals surface area contributed by atoms with E-state index in [0.717, 1.165) is 12.5 Å². The molecule has 0 radical (unpaired) electrons. The molecular formula is C12H19NO. The maximum Gasteiger partial charge on any atom is 0.0749 e. The van der Waals surface area contributed by atoms with E-state index in [1.807, 2.05) is 0 Å². The first-order chi connectivity index (χ1) is 6.93. The smallest absolute Gasteiger partial charge is 0.0749 e. The fourth-order valence-electron chi connectivity index (χ4n) is 3.13. The van der Waals surface area contributed by atoms with E-state index in [9.17, 15) is 0 Å². The monoisotopic (exact) mass is 193 g/mol. The van der Waals surface area contributed by atoms with Crippen LogP contribution in [0.3, 0.4) is 0 Å². The number of nitrogens with zero attached hydrogens (tertiary/aromatic N) is 1. The van der Waals surface area contributed by atoms with Crippen LogP contribution in [0.4, 0.5) is 0 Å². The maximum atomic E-state index is 5.69. The first-order valence-electron chi connectivity index (χ1n) is 6.05. The molecule has 2 heteroatoms. The lowest BCUT2D eigenvalue weighted by atomic mass is 9.78. The number of hydroxylamine groups is 2. The molecular weight excluding hydrogens is 174 g/mol. The second kappa shape index (κ2) is 3.58. The van der Waals surface area contributed by atoms with E-state index in [2.05, 4.69) is 11.3 Å². The summed E-state index contributed by atoms with van der Waals surface area (Å²) in [7, 11) is 0. The fourth-order valence-corrected chi connectivity index (χ4v) is 3.13. The Labute approximate surface area is 85.9 Å². The fraction of sp³-hybridized carbons (Fsp3) is 0.833. The van der Waals surface area contributed by atoms with Crippen molar-refractivity contribution in [2.24, 2.45) is 5.92 Å². The molecule has 0 aromatic heterocycles. The first-order valence-corrected chi connectivity index (χ1v) is 6.05. The van der Waals surface area contributed by atoms with Crippen molar-refractivity contribution in [1.82, 2.24) is 5.06 Å². The molecule has 1 aliphatic carbocycles. The standard InChI is InChI=1S/C12H19NO/c1-2-5-11-9-13-12(6-3-7-14-13)8-10(11)4-1/h9-10,12H,1-8H2. The molecule has 0 spiro atoms. The van der Waals surface area contributed by atoms with Gasteiger partial charge in [-0.3, -0.25) is 9.90 Å². The van der Waals surface area contributed by atoms with Gasteiger partial charge in [-0.1, -0.05) is 6.42 Å². The average Bonchev–Trinajstić information content (AvgIpc) is 2.26. The number of allylic oxidation sites excluding steroid dienone is 1. The van der Waals surface area contributed by atoms with Gasteiger partial charge in [0, 0.05) is 6.20 Å². The van der Waals surface area contributed by atoms with E-state index in [0.29, 0.717) is 6.04 Å². The predicted octanol–water partition coefficient (Wildman–Crippen LogP) is 2.86. The number of fused-ring (bicyclic) bond motifs is 2. The van der Waals surface area contributed by atoms with Crippen LogP contribution in [0.25, 0.3) is 0 Å². The second-order valence-electron chi connectivity index (χ2n) is 4.87. The van der Waals surface area contributed by atoms with Gasteiger partial charge in [0.2, 0.25) is 0 Å². The summed E-state index contributed by atoms with van der Waals surface area (Å²) in [4.78, 5) is 5.69. The van der Waals surface area contributed by atoms with E-state index in [-0.39, 0.29) is 0 Å². The molecule has 0 aromatic carbocycles. The minimum atomic E-state index is 0.690. The third-order valence-corrected chi connectivity index (χ3v) is 3.92. The first kappa shape index (κ1) is 8.78. The highest BCUT2D eigenvalue weighted by Crippen LogP contribution is 2.39. The van der Waals surface area contributed by atoms with Crippen LogP contribution in [-0.4, -0.2) is 17.7 Å². The molecule has 2 aliphatic heterocycles. The zero-order valence-corrected chi connectivity index (χ0v) is 8.74. The van der Waals surface area contributed by atoms with Gasteiger partial charge >= 0.3 is 0 Å². The molecule has 14 heavy (non-hydrogen) atoms. The average molecular weight is 193 g/mol. The highest BCUT2D eigenvalue weighted by molar-refractivity contribution is 5.12. The minimum Gasteiger partial charge on any atom is -0.274 e. The summed E-state index contributed by atoms with van der Waals surface area (Å²) >= 11 is 0. The molecule has 2 atom stereocenters. The Morgan fingerprint density at radius 3 is 3.21 bits per heavy atom. The largest absolute Gasteiger partial charge is 0.274 e. The molecule has 3 rings (SSSR count). The summed E-state index contributed by atoms with van der Waals surface area (Å²) in [5.74, 6) is 0.895. The minimum absolute atomic E-state index is 0.690. The Morgan fingerprint density at radius 2 is 2.21 bits per heavy atom. The molecule has 0 aromatic rings. The Kier molecular flexibility index (Phi) is 2.24. The number of hydrogen-bond acceptors (Lipinski definition) is 2. The second-order valence-corrected chi connectivity index (χ2v) is 4.87. The third kappa shape index (κ3) is 1.46. The van der Waals surface area contributed by atoms with Gasteiger partial charge in [0.05, 0.1) is 12.6 Å². The van der Waals surface area contributed by atoms with Gasteiger partial charge in [-0.25, -0.2) is 0 Å². The Bertz CT molecular complexity index is 249. The van der Waals surface area contributed by atoms with Crippen molar-refractivity contribution < 1.29 is 4.84 Å². The Morgan fingerprint density at radius 1 is 1.21 bits per heavy atom. The van der Waals surface area contributed by atoms with Gasteiger partial charge in [0.1, 0.15) is 0 Å². The van der Waals surface area contributed by atoms with E-state index < -0.39 is 0 Å². The molecule has 78 valence electrons. The van der Waals surface area contributed by atoms with Crippen LogP contribution < -0.4 is 0 Å². The summed E-state index contributed by atoms with van der Waals surface area (Å²) in [6.07, 6.45) is 11.8. The van der Waals surface area contributed by atoms with Crippen LogP contribution in [0.15, 0.2) is 11.8 Å². The van der Waals surface area contributed by atoms with E-state index >= 15 is 0 Å². The predicted molar refractivity (Wildman–Crippen MR) is 55.5 cm³/mol. The van der Waals surface area contributed by atoms with Gasteiger partial charge in [-0.2, -0.15) is 0 Å². The van der Waals surface area contributed by atoms with Crippen LogP contribution in [-0.2, 0) is 4.84 Å². The molecule has 2 fully saturated rings. The molecule has 0 amide bonds. The van der Waals surface area contributed by atoms with Gasteiger partial charge < -0.3 is 0 Å². The molecule has 2 heterocycles. The summed E-state index contributed by atoms with van der Waals surface area (Å²) in [6.45, 7) is 0.922. The van der Waals surface area contributed by atoms with Crippen molar-refractivity contribution in [2.75, 3.05) is 6.61 Å². The van der Waals surface area contributed by atoms with Crippen molar-refractivity contribution in [3.8, 4) is 0 Å². The Hall–Kier alpha value is -0.500. The lowest BCUT2D eigenvalue weighted by Crippen LogP contribution is -2.41. The van der Waals surface area contributed by atoms with Gasteiger partial charge in [0.15, 0.2) is 0 Å². The molecule has 2 unspecified atom stereocenters.